The lowest BCUT2D eigenvalue weighted by Gasteiger charge is -2.05. The zero-order valence-corrected chi connectivity index (χ0v) is 9.40. The maximum Gasteiger partial charge on any atom is 0.0686 e. The van der Waals surface area contributed by atoms with Crippen LogP contribution in [0.1, 0.15) is 4.88 Å². The zero-order chi connectivity index (χ0) is 10.2. The quantitative estimate of drug-likeness (QED) is 0.551. The minimum atomic E-state index is 0.659. The molecule has 78 valence electrons. The van der Waals surface area contributed by atoms with Crippen LogP contribution in [-0.4, -0.2) is 26.8 Å². The minimum Gasteiger partial charge on any atom is -0.377 e. The molecular formula is C11H17NOS. The lowest BCUT2D eigenvalue weighted by atomic mass is 10.3. The van der Waals surface area contributed by atoms with Gasteiger partial charge in [-0.05, 0) is 24.1 Å². The topological polar surface area (TPSA) is 21.3 Å². The van der Waals surface area contributed by atoms with Crippen molar-refractivity contribution in [2.45, 2.75) is 6.42 Å². The summed E-state index contributed by atoms with van der Waals surface area (Å²) in [6.45, 7) is 6.17. The molecule has 0 atom stereocenters. The van der Waals surface area contributed by atoms with Crippen molar-refractivity contribution in [1.29, 1.82) is 0 Å². The molecule has 1 rings (SSSR count). The number of ether oxygens (including phenoxy) is 1. The third-order valence-corrected chi connectivity index (χ3v) is 2.74. The maximum absolute atomic E-state index is 5.49. The Morgan fingerprint density at radius 2 is 2.50 bits per heavy atom. The highest BCUT2D eigenvalue weighted by Gasteiger charge is 1.95. The Labute approximate surface area is 89.6 Å². The van der Waals surface area contributed by atoms with Gasteiger partial charge in [0, 0.05) is 17.8 Å². The number of likely N-dealkylation sites (N-methyl/N-ethyl adjacent to an activating group) is 1. The second-order valence-electron chi connectivity index (χ2n) is 3.16. The molecule has 1 aromatic heterocycles. The van der Waals surface area contributed by atoms with Gasteiger partial charge in [0.25, 0.3) is 0 Å². The van der Waals surface area contributed by atoms with E-state index in [1.807, 2.05) is 7.05 Å². The fraction of sp³-hybridized carbons (Fsp3) is 0.455. The fourth-order valence-electron chi connectivity index (χ4n) is 1.15. The smallest absolute Gasteiger partial charge is 0.0686 e. The Balaban J connectivity index is 2.02. The number of thiophene rings is 1. The first-order chi connectivity index (χ1) is 6.83. The first-order valence-corrected chi connectivity index (χ1v) is 5.62. The second-order valence-corrected chi connectivity index (χ2v) is 4.19. The average molecular weight is 211 g/mol. The van der Waals surface area contributed by atoms with Gasteiger partial charge in [-0.15, -0.1) is 11.3 Å². The first-order valence-electron chi connectivity index (χ1n) is 4.74. The summed E-state index contributed by atoms with van der Waals surface area (Å²) in [5.74, 6) is 0. The minimum absolute atomic E-state index is 0.659. The Bertz CT molecular complexity index is 256. The molecule has 1 N–H and O–H groups in total. The van der Waals surface area contributed by atoms with Gasteiger partial charge in [0.05, 0.1) is 13.2 Å². The summed E-state index contributed by atoms with van der Waals surface area (Å²) in [4.78, 5) is 1.38. The molecule has 0 aliphatic rings. The normalized spacial score (nSPS) is 10.4. The van der Waals surface area contributed by atoms with Crippen molar-refractivity contribution >= 4 is 11.3 Å². The molecule has 1 heterocycles. The summed E-state index contributed by atoms with van der Waals surface area (Å²) in [5, 5.41) is 5.14. The Hall–Kier alpha value is -0.640. The molecule has 0 saturated carbocycles. The van der Waals surface area contributed by atoms with E-state index in [0.29, 0.717) is 6.61 Å². The summed E-state index contributed by atoms with van der Waals surface area (Å²) in [6.07, 6.45) is 1.00. The summed E-state index contributed by atoms with van der Waals surface area (Å²) in [5.41, 5.74) is 1.10. The number of hydrogen-bond donors (Lipinski definition) is 1. The van der Waals surface area contributed by atoms with E-state index in [2.05, 4.69) is 29.4 Å². The van der Waals surface area contributed by atoms with Crippen LogP contribution in [-0.2, 0) is 11.2 Å². The van der Waals surface area contributed by atoms with Crippen LogP contribution in [0.4, 0.5) is 0 Å². The molecule has 3 heteroatoms. The molecule has 0 spiro atoms. The van der Waals surface area contributed by atoms with Gasteiger partial charge in [0.2, 0.25) is 0 Å². The van der Waals surface area contributed by atoms with Crippen molar-refractivity contribution in [3.63, 3.8) is 0 Å². The molecule has 0 aliphatic carbocycles. The van der Waals surface area contributed by atoms with Gasteiger partial charge in [-0.2, -0.15) is 0 Å². The van der Waals surface area contributed by atoms with Crippen LogP contribution in [0.5, 0.6) is 0 Å². The van der Waals surface area contributed by atoms with Gasteiger partial charge >= 0.3 is 0 Å². The monoisotopic (exact) mass is 211 g/mol. The third kappa shape index (κ3) is 4.56. The molecule has 1 aromatic rings. The molecule has 0 bridgehead atoms. The van der Waals surface area contributed by atoms with E-state index in [9.17, 15) is 0 Å². The van der Waals surface area contributed by atoms with Crippen molar-refractivity contribution < 1.29 is 4.74 Å². The molecule has 0 saturated heterocycles. The van der Waals surface area contributed by atoms with Crippen molar-refractivity contribution in [2.75, 3.05) is 26.8 Å². The number of hydrogen-bond acceptors (Lipinski definition) is 3. The molecule has 14 heavy (non-hydrogen) atoms. The van der Waals surface area contributed by atoms with Crippen molar-refractivity contribution in [3.05, 3.63) is 34.5 Å². The molecule has 0 fully saturated rings. The summed E-state index contributed by atoms with van der Waals surface area (Å²) in [6, 6.07) is 4.20. The SMILES string of the molecule is C=C(CNC)COCCc1cccs1. The third-order valence-electron chi connectivity index (χ3n) is 1.81. The van der Waals surface area contributed by atoms with Crippen molar-refractivity contribution in [1.82, 2.24) is 5.32 Å². The molecule has 0 radical (unpaired) electrons. The van der Waals surface area contributed by atoms with Crippen LogP contribution in [0, 0.1) is 0 Å². The highest BCUT2D eigenvalue weighted by Crippen LogP contribution is 2.08. The van der Waals surface area contributed by atoms with Gasteiger partial charge in [-0.3, -0.25) is 0 Å². The predicted octanol–water partition coefficient (Wildman–Crippen LogP) is 2.08. The first kappa shape index (κ1) is 11.4. The number of nitrogens with one attached hydrogen (secondary N) is 1. The van der Waals surface area contributed by atoms with Gasteiger partial charge in [-0.1, -0.05) is 12.6 Å². The van der Waals surface area contributed by atoms with Gasteiger partial charge in [0.15, 0.2) is 0 Å². The number of rotatable bonds is 7. The molecule has 0 aliphatic heterocycles. The van der Waals surface area contributed by atoms with E-state index in [-0.39, 0.29) is 0 Å². The fourth-order valence-corrected chi connectivity index (χ4v) is 1.84. The molecule has 0 unspecified atom stereocenters. The molecule has 0 aromatic carbocycles. The lowest BCUT2D eigenvalue weighted by molar-refractivity contribution is 0.159. The van der Waals surface area contributed by atoms with Gasteiger partial charge in [0.1, 0.15) is 0 Å². The zero-order valence-electron chi connectivity index (χ0n) is 8.58. The van der Waals surface area contributed by atoms with E-state index in [1.54, 1.807) is 11.3 Å². The van der Waals surface area contributed by atoms with Crippen LogP contribution in [0.3, 0.4) is 0 Å². The van der Waals surface area contributed by atoms with Gasteiger partial charge < -0.3 is 10.1 Å². The average Bonchev–Trinajstić information content (AvgIpc) is 2.65. The van der Waals surface area contributed by atoms with Crippen LogP contribution in [0.25, 0.3) is 0 Å². The molecular weight excluding hydrogens is 194 g/mol. The summed E-state index contributed by atoms with van der Waals surface area (Å²) < 4.78 is 5.49. The largest absolute Gasteiger partial charge is 0.377 e. The second kappa shape index (κ2) is 6.76. The van der Waals surface area contributed by atoms with E-state index < -0.39 is 0 Å². The van der Waals surface area contributed by atoms with E-state index in [4.69, 9.17) is 4.74 Å². The van der Waals surface area contributed by atoms with Crippen LogP contribution in [0.15, 0.2) is 29.7 Å². The van der Waals surface area contributed by atoms with E-state index in [1.165, 1.54) is 4.88 Å². The predicted molar refractivity (Wildman–Crippen MR) is 61.9 cm³/mol. The van der Waals surface area contributed by atoms with Crippen LogP contribution in [0.2, 0.25) is 0 Å². The highest BCUT2D eigenvalue weighted by molar-refractivity contribution is 7.09. The highest BCUT2D eigenvalue weighted by atomic mass is 32.1. The standard InChI is InChI=1S/C11H17NOS/c1-10(8-12-2)9-13-6-5-11-4-3-7-14-11/h3-4,7,12H,1,5-6,8-9H2,2H3. The Morgan fingerprint density at radius 1 is 1.64 bits per heavy atom. The summed E-state index contributed by atoms with van der Waals surface area (Å²) in [7, 11) is 1.91. The van der Waals surface area contributed by atoms with Crippen LogP contribution >= 0.6 is 11.3 Å². The summed E-state index contributed by atoms with van der Waals surface area (Å²) >= 11 is 1.78. The Morgan fingerprint density at radius 3 is 3.14 bits per heavy atom. The lowest BCUT2D eigenvalue weighted by Crippen LogP contribution is -2.13. The Kier molecular flexibility index (Phi) is 5.52. The van der Waals surface area contributed by atoms with Gasteiger partial charge in [-0.25, -0.2) is 0 Å². The van der Waals surface area contributed by atoms with E-state index in [0.717, 1.165) is 25.1 Å². The molecule has 2 nitrogen and oxygen atoms in total. The van der Waals surface area contributed by atoms with Crippen molar-refractivity contribution in [2.24, 2.45) is 0 Å². The maximum atomic E-state index is 5.49. The van der Waals surface area contributed by atoms with Crippen molar-refractivity contribution in [3.8, 4) is 0 Å². The van der Waals surface area contributed by atoms with E-state index >= 15 is 0 Å². The van der Waals surface area contributed by atoms with Crippen LogP contribution < -0.4 is 5.32 Å². The molecule has 0 amide bonds.